The molecule has 1 unspecified atom stereocenters. The van der Waals surface area contributed by atoms with Crippen LogP contribution in [0.25, 0.3) is 11.4 Å². The van der Waals surface area contributed by atoms with Crippen molar-refractivity contribution in [2.45, 2.75) is 6.10 Å². The zero-order valence-corrected chi connectivity index (χ0v) is 9.72. The quantitative estimate of drug-likeness (QED) is 0.689. The van der Waals surface area contributed by atoms with E-state index in [2.05, 4.69) is 25.9 Å². The highest BCUT2D eigenvalue weighted by molar-refractivity contribution is 6.18. The third-order valence-electron chi connectivity index (χ3n) is 2.22. The van der Waals surface area contributed by atoms with Gasteiger partial charge in [0.1, 0.15) is 0 Å². The summed E-state index contributed by atoms with van der Waals surface area (Å²) in [5.74, 6) is 0.700. The molecule has 0 amide bonds. The van der Waals surface area contributed by atoms with Crippen LogP contribution in [0.5, 0.6) is 0 Å². The lowest BCUT2D eigenvalue weighted by Gasteiger charge is -2.12. The molecule has 7 heteroatoms. The van der Waals surface area contributed by atoms with Crippen molar-refractivity contribution < 1.29 is 5.11 Å². The van der Waals surface area contributed by atoms with E-state index in [4.69, 9.17) is 11.6 Å². The number of hydrogen-bond donors (Lipinski definition) is 3. The molecule has 0 spiro atoms. The summed E-state index contributed by atoms with van der Waals surface area (Å²) in [7, 11) is 0. The lowest BCUT2D eigenvalue weighted by Crippen LogP contribution is -2.21. The Morgan fingerprint density at radius 1 is 1.41 bits per heavy atom. The molecule has 1 atom stereocenters. The van der Waals surface area contributed by atoms with Gasteiger partial charge in [-0.1, -0.05) is 12.1 Å². The summed E-state index contributed by atoms with van der Waals surface area (Å²) in [4.78, 5) is 0. The fourth-order valence-electron chi connectivity index (χ4n) is 1.39. The van der Waals surface area contributed by atoms with E-state index < -0.39 is 6.10 Å². The number of benzene rings is 1. The first-order chi connectivity index (χ1) is 8.31. The van der Waals surface area contributed by atoms with Crippen LogP contribution in [0.3, 0.4) is 0 Å². The lowest BCUT2D eigenvalue weighted by atomic mass is 10.1. The second-order valence-corrected chi connectivity index (χ2v) is 3.78. The van der Waals surface area contributed by atoms with Crippen LogP contribution in [-0.4, -0.2) is 44.3 Å². The zero-order valence-electron chi connectivity index (χ0n) is 8.97. The van der Waals surface area contributed by atoms with E-state index in [1.165, 1.54) is 0 Å². The Bertz CT molecular complexity index is 461. The number of nitrogens with one attached hydrogen (secondary N) is 2. The van der Waals surface area contributed by atoms with Gasteiger partial charge in [0, 0.05) is 17.8 Å². The van der Waals surface area contributed by atoms with E-state index in [-0.39, 0.29) is 5.88 Å². The van der Waals surface area contributed by atoms with Gasteiger partial charge >= 0.3 is 0 Å². The largest absolute Gasteiger partial charge is 0.390 e. The minimum Gasteiger partial charge on any atom is -0.390 e. The number of aliphatic hydroxyl groups is 1. The number of para-hydroxylation sites is 1. The molecule has 0 bridgehead atoms. The molecular formula is C10H12ClN5O. The number of rotatable bonds is 5. The fourth-order valence-corrected chi connectivity index (χ4v) is 1.50. The minimum atomic E-state index is -0.588. The number of aromatic nitrogens is 4. The Kier molecular flexibility index (Phi) is 3.89. The zero-order chi connectivity index (χ0) is 12.1. The molecule has 0 radical (unpaired) electrons. The summed E-state index contributed by atoms with van der Waals surface area (Å²) in [6.07, 6.45) is -0.588. The summed E-state index contributed by atoms with van der Waals surface area (Å²) in [6.45, 7) is 0.373. The van der Waals surface area contributed by atoms with Crippen LogP contribution in [0.15, 0.2) is 24.3 Å². The molecule has 0 fully saturated rings. The predicted molar refractivity (Wildman–Crippen MR) is 64.8 cm³/mol. The molecule has 0 saturated heterocycles. The maximum absolute atomic E-state index is 9.40. The Labute approximate surface area is 103 Å². The molecule has 0 aliphatic carbocycles. The molecule has 0 saturated carbocycles. The number of nitrogens with zero attached hydrogens (tertiary/aromatic N) is 3. The van der Waals surface area contributed by atoms with Gasteiger partial charge in [-0.2, -0.15) is 5.21 Å². The van der Waals surface area contributed by atoms with Gasteiger partial charge < -0.3 is 10.4 Å². The van der Waals surface area contributed by atoms with Gasteiger partial charge in [0.2, 0.25) is 5.82 Å². The predicted octanol–water partition coefficient (Wildman–Crippen LogP) is 0.878. The highest BCUT2D eigenvalue weighted by Gasteiger charge is 2.09. The third kappa shape index (κ3) is 2.92. The van der Waals surface area contributed by atoms with Crippen molar-refractivity contribution in [2.24, 2.45) is 0 Å². The molecule has 3 N–H and O–H groups in total. The van der Waals surface area contributed by atoms with E-state index in [9.17, 15) is 5.11 Å². The van der Waals surface area contributed by atoms with Crippen LogP contribution in [0.1, 0.15) is 0 Å². The molecule has 2 rings (SSSR count). The standard InChI is InChI=1S/C10H12ClN5O/c11-5-7(17)6-12-9-4-2-1-3-8(9)10-13-15-16-14-10/h1-4,7,12,17H,5-6H2,(H,13,14,15,16). The minimum absolute atomic E-state index is 0.192. The number of H-pyrrole nitrogens is 1. The van der Waals surface area contributed by atoms with Gasteiger partial charge in [-0.25, -0.2) is 0 Å². The second kappa shape index (κ2) is 5.60. The highest BCUT2D eigenvalue weighted by Crippen LogP contribution is 2.23. The van der Waals surface area contributed by atoms with E-state index in [0.29, 0.717) is 12.4 Å². The van der Waals surface area contributed by atoms with Crippen LogP contribution in [0.4, 0.5) is 5.69 Å². The van der Waals surface area contributed by atoms with Crippen LogP contribution < -0.4 is 5.32 Å². The molecule has 2 aromatic rings. The van der Waals surface area contributed by atoms with Crippen molar-refractivity contribution in [2.75, 3.05) is 17.7 Å². The normalized spacial score (nSPS) is 12.4. The molecular weight excluding hydrogens is 242 g/mol. The molecule has 1 aromatic carbocycles. The maximum atomic E-state index is 9.40. The topological polar surface area (TPSA) is 86.7 Å². The smallest absolute Gasteiger partial charge is 0.206 e. The van der Waals surface area contributed by atoms with Crippen LogP contribution in [-0.2, 0) is 0 Å². The first-order valence-corrected chi connectivity index (χ1v) is 5.65. The van der Waals surface area contributed by atoms with Gasteiger partial charge in [-0.3, -0.25) is 0 Å². The fraction of sp³-hybridized carbons (Fsp3) is 0.300. The number of aromatic amines is 1. The Hall–Kier alpha value is -1.66. The number of halogens is 1. The summed E-state index contributed by atoms with van der Waals surface area (Å²) < 4.78 is 0. The summed E-state index contributed by atoms with van der Waals surface area (Å²) in [5, 5.41) is 26.2. The van der Waals surface area contributed by atoms with E-state index in [1.807, 2.05) is 24.3 Å². The Balaban J connectivity index is 2.17. The lowest BCUT2D eigenvalue weighted by molar-refractivity contribution is 0.211. The first kappa shape index (κ1) is 11.8. The number of hydrogen-bond acceptors (Lipinski definition) is 5. The van der Waals surface area contributed by atoms with Crippen molar-refractivity contribution in [1.29, 1.82) is 0 Å². The molecule has 0 aliphatic heterocycles. The maximum Gasteiger partial charge on any atom is 0.206 e. The number of aliphatic hydroxyl groups excluding tert-OH is 1. The van der Waals surface area contributed by atoms with Crippen molar-refractivity contribution in [3.05, 3.63) is 24.3 Å². The molecule has 17 heavy (non-hydrogen) atoms. The molecule has 0 aliphatic rings. The number of alkyl halides is 1. The van der Waals surface area contributed by atoms with E-state index >= 15 is 0 Å². The Morgan fingerprint density at radius 3 is 2.94 bits per heavy atom. The molecule has 6 nitrogen and oxygen atoms in total. The van der Waals surface area contributed by atoms with Crippen molar-refractivity contribution in [3.8, 4) is 11.4 Å². The van der Waals surface area contributed by atoms with E-state index in [1.54, 1.807) is 0 Å². The summed E-state index contributed by atoms with van der Waals surface area (Å²) in [6, 6.07) is 7.53. The average molecular weight is 254 g/mol. The summed E-state index contributed by atoms with van der Waals surface area (Å²) >= 11 is 5.53. The SMILES string of the molecule is OC(CCl)CNc1ccccc1-c1nn[nH]n1. The van der Waals surface area contributed by atoms with Crippen molar-refractivity contribution >= 4 is 17.3 Å². The number of anilines is 1. The average Bonchev–Trinajstić information content (AvgIpc) is 2.90. The van der Waals surface area contributed by atoms with Gasteiger partial charge in [-0.05, 0) is 17.3 Å². The van der Waals surface area contributed by atoms with Crippen molar-refractivity contribution in [1.82, 2.24) is 20.6 Å². The first-order valence-electron chi connectivity index (χ1n) is 5.12. The summed E-state index contributed by atoms with van der Waals surface area (Å²) in [5.41, 5.74) is 1.65. The van der Waals surface area contributed by atoms with Crippen LogP contribution in [0, 0.1) is 0 Å². The van der Waals surface area contributed by atoms with E-state index in [0.717, 1.165) is 11.3 Å². The monoisotopic (exact) mass is 253 g/mol. The highest BCUT2D eigenvalue weighted by atomic mass is 35.5. The van der Waals surface area contributed by atoms with Gasteiger partial charge in [-0.15, -0.1) is 21.8 Å². The van der Waals surface area contributed by atoms with Crippen molar-refractivity contribution in [3.63, 3.8) is 0 Å². The second-order valence-electron chi connectivity index (χ2n) is 3.47. The number of tetrazole rings is 1. The van der Waals surface area contributed by atoms with Gasteiger partial charge in [0.25, 0.3) is 0 Å². The molecule has 90 valence electrons. The van der Waals surface area contributed by atoms with Gasteiger partial charge in [0.05, 0.1) is 12.0 Å². The van der Waals surface area contributed by atoms with Gasteiger partial charge in [0.15, 0.2) is 0 Å². The van der Waals surface area contributed by atoms with Crippen LogP contribution >= 0.6 is 11.6 Å². The Morgan fingerprint density at radius 2 is 2.24 bits per heavy atom. The van der Waals surface area contributed by atoms with Crippen LogP contribution in [0.2, 0.25) is 0 Å². The molecule has 1 aromatic heterocycles. The third-order valence-corrected chi connectivity index (χ3v) is 2.58. The molecule has 1 heterocycles.